The van der Waals surface area contributed by atoms with Crippen LogP contribution >= 0.6 is 0 Å². The maximum absolute atomic E-state index is 6.49. The molecule has 6 atom stereocenters. The predicted molar refractivity (Wildman–Crippen MR) is 126 cm³/mol. The van der Waals surface area contributed by atoms with E-state index in [1.165, 1.54) is 0 Å². The highest BCUT2D eigenvalue weighted by Gasteiger charge is 2.51. The van der Waals surface area contributed by atoms with Crippen LogP contribution in [0.1, 0.15) is 23.0 Å². The zero-order valence-corrected chi connectivity index (χ0v) is 19.2. The van der Waals surface area contributed by atoms with Crippen LogP contribution in [0.3, 0.4) is 0 Å². The van der Waals surface area contributed by atoms with Gasteiger partial charge in [0.2, 0.25) is 0 Å². The average molecular weight is 463 g/mol. The van der Waals surface area contributed by atoms with Crippen molar-refractivity contribution in [2.24, 2.45) is 0 Å². The van der Waals surface area contributed by atoms with Crippen LogP contribution in [0.2, 0.25) is 0 Å². The molecule has 2 saturated heterocycles. The quantitative estimate of drug-likeness (QED) is 0.486. The standard InChI is InChI=1S/C28H30O6/c1-29-28-26(31-18-21-13-7-3-8-14-21)25(30-17-20-11-5-2-6-12-20)24-23(33-28)19-32-27(34-24)22-15-9-4-10-16-22/h2-16,23-28H,17-19H2,1H3/t23-,24-,25+,26-,27-,28+/m1/s1. The summed E-state index contributed by atoms with van der Waals surface area (Å²) in [6.45, 7) is 1.22. The predicted octanol–water partition coefficient (Wildman–Crippen LogP) is 4.64. The highest BCUT2D eigenvalue weighted by molar-refractivity contribution is 5.17. The minimum atomic E-state index is -0.605. The molecule has 3 aromatic carbocycles. The monoisotopic (exact) mass is 462 g/mol. The molecule has 6 nitrogen and oxygen atoms in total. The lowest BCUT2D eigenvalue weighted by atomic mass is 9.97. The first kappa shape index (κ1) is 23.2. The van der Waals surface area contributed by atoms with Crippen LogP contribution in [-0.4, -0.2) is 44.4 Å². The summed E-state index contributed by atoms with van der Waals surface area (Å²) in [5.41, 5.74) is 3.10. The maximum atomic E-state index is 6.49. The Hall–Kier alpha value is -2.58. The van der Waals surface area contributed by atoms with E-state index in [0.29, 0.717) is 19.8 Å². The third kappa shape index (κ3) is 5.39. The van der Waals surface area contributed by atoms with Gasteiger partial charge in [0.15, 0.2) is 12.6 Å². The van der Waals surface area contributed by atoms with E-state index in [1.54, 1.807) is 7.11 Å². The Kier molecular flexibility index (Phi) is 7.65. The number of methoxy groups -OCH3 is 1. The number of hydrogen-bond acceptors (Lipinski definition) is 6. The van der Waals surface area contributed by atoms with Crippen molar-refractivity contribution in [3.63, 3.8) is 0 Å². The molecule has 0 unspecified atom stereocenters. The summed E-state index contributed by atoms with van der Waals surface area (Å²) in [5, 5.41) is 0. The van der Waals surface area contributed by atoms with Gasteiger partial charge in [0.1, 0.15) is 24.4 Å². The lowest BCUT2D eigenvalue weighted by molar-refractivity contribution is -0.369. The van der Waals surface area contributed by atoms with Crippen molar-refractivity contribution in [1.82, 2.24) is 0 Å². The van der Waals surface area contributed by atoms with E-state index in [2.05, 4.69) is 0 Å². The molecule has 34 heavy (non-hydrogen) atoms. The summed E-state index contributed by atoms with van der Waals surface area (Å²) in [7, 11) is 1.62. The highest BCUT2D eigenvalue weighted by atomic mass is 16.8. The van der Waals surface area contributed by atoms with Gasteiger partial charge in [-0.05, 0) is 11.1 Å². The van der Waals surface area contributed by atoms with Crippen LogP contribution in [0.5, 0.6) is 0 Å². The van der Waals surface area contributed by atoms with Crippen LogP contribution in [-0.2, 0) is 41.6 Å². The molecule has 0 amide bonds. The van der Waals surface area contributed by atoms with E-state index in [0.717, 1.165) is 16.7 Å². The fourth-order valence-electron chi connectivity index (χ4n) is 4.42. The van der Waals surface area contributed by atoms with Gasteiger partial charge in [0.25, 0.3) is 0 Å². The first-order chi connectivity index (χ1) is 16.8. The van der Waals surface area contributed by atoms with Crippen molar-refractivity contribution < 1.29 is 28.4 Å². The zero-order chi connectivity index (χ0) is 23.2. The van der Waals surface area contributed by atoms with Gasteiger partial charge >= 0.3 is 0 Å². The van der Waals surface area contributed by atoms with Gasteiger partial charge in [-0.15, -0.1) is 0 Å². The van der Waals surface area contributed by atoms with Crippen molar-refractivity contribution in [3.8, 4) is 0 Å². The summed E-state index contributed by atoms with van der Waals surface area (Å²) >= 11 is 0. The Morgan fingerprint density at radius 1 is 0.706 bits per heavy atom. The Balaban J connectivity index is 1.39. The molecule has 0 saturated carbocycles. The molecular formula is C28H30O6. The lowest BCUT2D eigenvalue weighted by Gasteiger charge is -2.48. The minimum absolute atomic E-state index is 0.331. The van der Waals surface area contributed by atoms with Crippen molar-refractivity contribution >= 4 is 0 Å². The highest BCUT2D eigenvalue weighted by Crippen LogP contribution is 2.37. The molecule has 0 radical (unpaired) electrons. The van der Waals surface area contributed by atoms with Crippen LogP contribution in [0.25, 0.3) is 0 Å². The topological polar surface area (TPSA) is 55.4 Å². The summed E-state index contributed by atoms with van der Waals surface area (Å²) in [4.78, 5) is 0. The number of benzene rings is 3. The molecule has 6 heteroatoms. The van der Waals surface area contributed by atoms with Gasteiger partial charge in [0, 0.05) is 12.7 Å². The van der Waals surface area contributed by atoms with Crippen LogP contribution < -0.4 is 0 Å². The van der Waals surface area contributed by atoms with Gasteiger partial charge in [-0.2, -0.15) is 0 Å². The van der Waals surface area contributed by atoms with Crippen LogP contribution in [0.15, 0.2) is 91.0 Å². The second-order valence-corrected chi connectivity index (χ2v) is 8.48. The van der Waals surface area contributed by atoms with Crippen molar-refractivity contribution in [2.45, 2.75) is 50.2 Å². The second-order valence-electron chi connectivity index (χ2n) is 8.48. The molecule has 3 aromatic rings. The largest absolute Gasteiger partial charge is 0.368 e. The third-order valence-electron chi connectivity index (χ3n) is 6.16. The smallest absolute Gasteiger partial charge is 0.186 e. The molecule has 2 heterocycles. The van der Waals surface area contributed by atoms with Gasteiger partial charge in [-0.1, -0.05) is 91.0 Å². The first-order valence-electron chi connectivity index (χ1n) is 11.6. The first-order valence-corrected chi connectivity index (χ1v) is 11.6. The van der Waals surface area contributed by atoms with Gasteiger partial charge in [-0.25, -0.2) is 0 Å². The number of fused-ring (bicyclic) bond motifs is 1. The van der Waals surface area contributed by atoms with E-state index in [9.17, 15) is 0 Å². The molecule has 0 aliphatic carbocycles. The number of rotatable bonds is 8. The second kappa shape index (κ2) is 11.2. The molecule has 2 fully saturated rings. The van der Waals surface area contributed by atoms with E-state index < -0.39 is 24.8 Å². The van der Waals surface area contributed by atoms with Crippen LogP contribution in [0.4, 0.5) is 0 Å². The Morgan fingerprint density at radius 3 is 1.85 bits per heavy atom. The molecular weight excluding hydrogens is 432 g/mol. The molecule has 2 aliphatic heterocycles. The summed E-state index contributed by atoms with van der Waals surface area (Å²) in [6.07, 6.45) is -2.71. The maximum Gasteiger partial charge on any atom is 0.186 e. The molecule has 0 aromatic heterocycles. The number of hydrogen-bond donors (Lipinski definition) is 0. The summed E-state index contributed by atoms with van der Waals surface area (Å²) in [6, 6.07) is 30.0. The fourth-order valence-corrected chi connectivity index (χ4v) is 4.42. The van der Waals surface area contributed by atoms with Gasteiger partial charge in [-0.3, -0.25) is 0 Å². The van der Waals surface area contributed by atoms with Gasteiger partial charge < -0.3 is 28.4 Å². The summed E-state index contributed by atoms with van der Waals surface area (Å²) < 4.78 is 37.2. The molecule has 0 N–H and O–H groups in total. The van der Waals surface area contributed by atoms with E-state index >= 15 is 0 Å². The average Bonchev–Trinajstić information content (AvgIpc) is 2.91. The molecule has 5 rings (SSSR count). The third-order valence-corrected chi connectivity index (χ3v) is 6.16. The molecule has 2 aliphatic rings. The Labute approximate surface area is 200 Å². The van der Waals surface area contributed by atoms with Crippen molar-refractivity contribution in [2.75, 3.05) is 13.7 Å². The Bertz CT molecular complexity index is 993. The fraction of sp³-hybridized carbons (Fsp3) is 0.357. The molecule has 0 spiro atoms. The normalized spacial score (nSPS) is 28.9. The minimum Gasteiger partial charge on any atom is -0.368 e. The van der Waals surface area contributed by atoms with Crippen molar-refractivity contribution in [3.05, 3.63) is 108 Å². The molecule has 0 bridgehead atoms. The lowest BCUT2D eigenvalue weighted by Crippen LogP contribution is -2.63. The zero-order valence-electron chi connectivity index (χ0n) is 19.2. The van der Waals surface area contributed by atoms with E-state index in [1.807, 2.05) is 91.0 Å². The Morgan fingerprint density at radius 2 is 1.26 bits per heavy atom. The number of ether oxygens (including phenoxy) is 6. The SMILES string of the molecule is CO[C@H]1O[C@@H]2CO[C@@H](c3ccccc3)O[C@H]2[C@H](OCc2ccccc2)[C@H]1OCc1ccccc1. The van der Waals surface area contributed by atoms with Gasteiger partial charge in [0.05, 0.1) is 19.8 Å². The van der Waals surface area contributed by atoms with Crippen LogP contribution in [0, 0.1) is 0 Å². The van der Waals surface area contributed by atoms with E-state index in [-0.39, 0.29) is 12.2 Å². The molecule has 178 valence electrons. The van der Waals surface area contributed by atoms with Crippen molar-refractivity contribution in [1.29, 1.82) is 0 Å². The summed E-state index contributed by atoms with van der Waals surface area (Å²) in [5.74, 6) is 0. The van der Waals surface area contributed by atoms with E-state index in [4.69, 9.17) is 28.4 Å².